The van der Waals surface area contributed by atoms with Crippen LogP contribution in [0.3, 0.4) is 0 Å². The zero-order chi connectivity index (χ0) is 37.4. The van der Waals surface area contributed by atoms with E-state index in [9.17, 15) is 18.5 Å². The molecule has 0 radical (unpaired) electrons. The quantitative estimate of drug-likeness (QED) is 0.111. The normalized spacial score (nSPS) is 14.1. The molecule has 1 aromatic carbocycles. The van der Waals surface area contributed by atoms with Crippen LogP contribution in [-0.2, 0) is 31.8 Å². The van der Waals surface area contributed by atoms with E-state index in [4.69, 9.17) is 19.2 Å². The standard InChI is InChI=1S/C35H52N6O6SSi2/c1-24-19-28(45-6)29(26-13-14-40(30(24)26)33(42)47-34(2,3)4)35(5,39-48(43,44)16-18-50(10,11)12)32-38-27-20-25(21-36)22-37-31(27)41(32)23-46-15-17-49(7,8)9/h13-14,19-20,22,39H,15-18,23H2,1-12H3. The number of fused-ring (bicyclic) bond motifs is 2. The highest BCUT2D eigenvalue weighted by molar-refractivity contribution is 7.89. The van der Waals surface area contributed by atoms with Crippen molar-refractivity contribution in [2.24, 2.45) is 0 Å². The number of nitrogens with zero attached hydrogens (tertiary/aromatic N) is 5. The minimum absolute atomic E-state index is 0.0394. The first-order chi connectivity index (χ1) is 23.0. The number of imidazole rings is 1. The minimum Gasteiger partial charge on any atom is -0.496 e. The lowest BCUT2D eigenvalue weighted by Crippen LogP contribution is -2.48. The molecule has 0 spiro atoms. The number of carbonyl (C=O) groups excluding carboxylic acids is 1. The Kier molecular flexibility index (Phi) is 11.2. The summed E-state index contributed by atoms with van der Waals surface area (Å²) in [5.74, 6) is 0.614. The Morgan fingerprint density at radius 2 is 1.72 bits per heavy atom. The number of hydrogen-bond acceptors (Lipinski definition) is 9. The molecule has 272 valence electrons. The van der Waals surface area contributed by atoms with E-state index in [2.05, 4.69) is 55.1 Å². The topological polar surface area (TPSA) is 150 Å². The minimum atomic E-state index is -3.95. The van der Waals surface area contributed by atoms with Gasteiger partial charge in [-0.25, -0.2) is 23.2 Å². The summed E-state index contributed by atoms with van der Waals surface area (Å²) in [4.78, 5) is 23.0. The summed E-state index contributed by atoms with van der Waals surface area (Å²) in [6, 6.07) is 8.77. The molecule has 1 N–H and O–H groups in total. The summed E-state index contributed by atoms with van der Waals surface area (Å²) in [6.45, 7) is 22.7. The maximum atomic E-state index is 14.2. The third-order valence-electron chi connectivity index (χ3n) is 8.29. The number of ether oxygens (including phenoxy) is 3. The molecule has 0 aliphatic carbocycles. The molecule has 50 heavy (non-hydrogen) atoms. The van der Waals surface area contributed by atoms with E-state index in [0.717, 1.165) is 11.6 Å². The monoisotopic (exact) mass is 740 g/mol. The summed E-state index contributed by atoms with van der Waals surface area (Å²) in [7, 11) is -5.60. The first-order valence-corrected chi connectivity index (χ1v) is 25.8. The number of pyridine rings is 1. The Balaban J connectivity index is 2.07. The number of carbonyl (C=O) groups is 1. The van der Waals surface area contributed by atoms with Crippen LogP contribution in [0.25, 0.3) is 22.1 Å². The molecule has 12 nitrogen and oxygen atoms in total. The largest absolute Gasteiger partial charge is 0.496 e. The molecule has 4 rings (SSSR count). The number of aromatic nitrogens is 4. The second-order valence-corrected chi connectivity index (χ2v) is 29.5. The fraction of sp³-hybridized carbons (Fsp3) is 0.543. The fourth-order valence-corrected chi connectivity index (χ4v) is 11.0. The van der Waals surface area contributed by atoms with Crippen LogP contribution in [0.2, 0.25) is 51.4 Å². The maximum Gasteiger partial charge on any atom is 0.419 e. The van der Waals surface area contributed by atoms with Crippen molar-refractivity contribution in [3.63, 3.8) is 0 Å². The summed E-state index contributed by atoms with van der Waals surface area (Å²) in [5.41, 5.74) is 0.569. The Labute approximate surface area is 298 Å². The summed E-state index contributed by atoms with van der Waals surface area (Å²) >= 11 is 0. The molecule has 0 fully saturated rings. The molecule has 0 saturated carbocycles. The van der Waals surface area contributed by atoms with Crippen molar-refractivity contribution < 1.29 is 27.4 Å². The fourth-order valence-electron chi connectivity index (χ4n) is 5.77. The highest BCUT2D eigenvalue weighted by Gasteiger charge is 2.43. The van der Waals surface area contributed by atoms with E-state index >= 15 is 0 Å². The Bertz CT molecular complexity index is 2050. The van der Waals surface area contributed by atoms with Gasteiger partial charge in [0.05, 0.1) is 23.9 Å². The van der Waals surface area contributed by atoms with Gasteiger partial charge in [-0.3, -0.25) is 9.13 Å². The molecule has 0 saturated heterocycles. The number of aryl methyl sites for hydroxylation is 1. The van der Waals surface area contributed by atoms with Crippen LogP contribution < -0.4 is 9.46 Å². The zero-order valence-electron chi connectivity index (χ0n) is 31.5. The molecular formula is C35H52N6O6SSi2. The van der Waals surface area contributed by atoms with Gasteiger partial charge >= 0.3 is 6.09 Å². The maximum absolute atomic E-state index is 14.2. The van der Waals surface area contributed by atoms with Gasteiger partial charge < -0.3 is 14.2 Å². The lowest BCUT2D eigenvalue weighted by atomic mass is 9.87. The molecule has 0 amide bonds. The van der Waals surface area contributed by atoms with Crippen molar-refractivity contribution >= 4 is 54.3 Å². The Morgan fingerprint density at radius 3 is 2.30 bits per heavy atom. The second-order valence-electron chi connectivity index (χ2n) is 16.4. The van der Waals surface area contributed by atoms with Crippen LogP contribution in [0.4, 0.5) is 4.79 Å². The van der Waals surface area contributed by atoms with Crippen LogP contribution in [0.5, 0.6) is 5.75 Å². The van der Waals surface area contributed by atoms with Crippen molar-refractivity contribution in [3.05, 3.63) is 53.1 Å². The third-order valence-corrected chi connectivity index (χ3v) is 13.6. The number of rotatable bonds is 13. The van der Waals surface area contributed by atoms with Crippen molar-refractivity contribution in [3.8, 4) is 11.8 Å². The van der Waals surface area contributed by atoms with Gasteiger partial charge in [0.25, 0.3) is 0 Å². The van der Waals surface area contributed by atoms with Crippen molar-refractivity contribution in [2.45, 2.75) is 104 Å². The predicted molar refractivity (Wildman–Crippen MR) is 203 cm³/mol. The number of hydrogen-bond donors (Lipinski definition) is 1. The van der Waals surface area contributed by atoms with Gasteiger partial charge in [-0.15, -0.1) is 0 Å². The molecule has 0 aliphatic heterocycles. The molecule has 0 aliphatic rings. The third kappa shape index (κ3) is 9.02. The molecular weight excluding hydrogens is 689 g/mol. The van der Waals surface area contributed by atoms with E-state index in [0.29, 0.717) is 57.4 Å². The van der Waals surface area contributed by atoms with Crippen LogP contribution in [-0.4, -0.2) is 74.8 Å². The summed E-state index contributed by atoms with van der Waals surface area (Å²) in [5, 5.41) is 10.3. The molecule has 1 unspecified atom stereocenters. The van der Waals surface area contributed by atoms with Gasteiger partial charge in [-0.1, -0.05) is 39.3 Å². The summed E-state index contributed by atoms with van der Waals surface area (Å²) < 4.78 is 52.6. The number of methoxy groups -OCH3 is 1. The van der Waals surface area contributed by atoms with E-state index < -0.39 is 43.4 Å². The molecule has 4 aromatic rings. The average molecular weight is 741 g/mol. The first kappa shape index (κ1) is 39.2. The number of nitriles is 1. The molecule has 0 bridgehead atoms. The van der Waals surface area contributed by atoms with Crippen molar-refractivity contribution in [2.75, 3.05) is 19.5 Å². The Hall–Kier alpha value is -3.56. The molecule has 3 heterocycles. The van der Waals surface area contributed by atoms with E-state index in [-0.39, 0.29) is 12.5 Å². The number of sulfonamides is 1. The van der Waals surface area contributed by atoms with Gasteiger partial charge in [-0.05, 0) is 70.5 Å². The lowest BCUT2D eigenvalue weighted by Gasteiger charge is -2.33. The van der Waals surface area contributed by atoms with Gasteiger partial charge in [0, 0.05) is 46.1 Å². The van der Waals surface area contributed by atoms with Gasteiger partial charge in [-0.2, -0.15) is 9.98 Å². The van der Waals surface area contributed by atoms with Crippen LogP contribution in [0, 0.1) is 18.3 Å². The molecule has 1 atom stereocenters. The lowest BCUT2D eigenvalue weighted by molar-refractivity contribution is 0.0544. The van der Waals surface area contributed by atoms with Crippen molar-refractivity contribution in [1.29, 1.82) is 5.26 Å². The SMILES string of the molecule is COc1cc(C)c2c(ccn2C(=O)OC(C)(C)C)c1C(C)(NS(=O)(=O)CC[Si](C)(C)C)c1nc2cc(C#N)cnc2n1COCC[Si](C)(C)C. The average Bonchev–Trinajstić information content (AvgIpc) is 3.59. The number of nitrogens with one attached hydrogen (secondary N) is 1. The first-order valence-electron chi connectivity index (χ1n) is 16.8. The van der Waals surface area contributed by atoms with Gasteiger partial charge in [0.1, 0.15) is 41.0 Å². The highest BCUT2D eigenvalue weighted by atomic mass is 32.2. The van der Waals surface area contributed by atoms with Crippen LogP contribution in [0.1, 0.15) is 50.2 Å². The highest BCUT2D eigenvalue weighted by Crippen LogP contribution is 2.43. The van der Waals surface area contributed by atoms with Gasteiger partial charge in [0.2, 0.25) is 10.0 Å². The number of benzene rings is 1. The van der Waals surface area contributed by atoms with E-state index in [1.54, 1.807) is 56.7 Å². The van der Waals surface area contributed by atoms with Crippen molar-refractivity contribution in [1.82, 2.24) is 23.8 Å². The smallest absolute Gasteiger partial charge is 0.419 e. The van der Waals surface area contributed by atoms with Gasteiger partial charge in [0.15, 0.2) is 5.65 Å². The summed E-state index contributed by atoms with van der Waals surface area (Å²) in [6.07, 6.45) is 2.52. The van der Waals surface area contributed by atoms with E-state index in [1.165, 1.54) is 17.9 Å². The van der Waals surface area contributed by atoms with Crippen LogP contribution in [0.15, 0.2) is 30.6 Å². The van der Waals surface area contributed by atoms with E-state index in [1.807, 2.05) is 6.92 Å². The predicted octanol–water partition coefficient (Wildman–Crippen LogP) is 7.19. The Morgan fingerprint density at radius 1 is 1.06 bits per heavy atom. The second kappa shape index (κ2) is 14.2. The zero-order valence-corrected chi connectivity index (χ0v) is 34.3. The molecule has 15 heteroatoms. The molecule has 3 aromatic heterocycles. The van der Waals surface area contributed by atoms with Crippen LogP contribution >= 0.6 is 0 Å².